The van der Waals surface area contributed by atoms with Crippen LogP contribution < -0.4 is 10.9 Å². The molecule has 118 valence electrons. The largest absolute Gasteiger partial charge is 0.408 e. The van der Waals surface area contributed by atoms with Crippen LogP contribution in [0.1, 0.15) is 12.8 Å². The number of likely N-dealkylation sites (N-methyl/N-ethyl adjacent to an activating group) is 1. The highest BCUT2D eigenvalue weighted by Crippen LogP contribution is 2.21. The summed E-state index contributed by atoms with van der Waals surface area (Å²) in [6, 6.07) is 0.356. The number of nitrogens with zero attached hydrogens (tertiary/aromatic N) is 3. The van der Waals surface area contributed by atoms with Gasteiger partial charge in [0, 0.05) is 12.6 Å². The molecule has 5 nitrogen and oxygen atoms in total. The van der Waals surface area contributed by atoms with Crippen LogP contribution in [-0.2, 0) is 6.54 Å². The zero-order valence-corrected chi connectivity index (χ0v) is 13.0. The predicted molar refractivity (Wildman–Crippen MR) is 76.4 cm³/mol. The van der Waals surface area contributed by atoms with E-state index in [0.29, 0.717) is 23.0 Å². The average molecular weight is 369 g/mol. The number of aromatic nitrogens is 2. The maximum Gasteiger partial charge on any atom is 0.408 e. The van der Waals surface area contributed by atoms with Crippen molar-refractivity contribution in [3.63, 3.8) is 0 Å². The first-order valence-corrected chi connectivity index (χ1v) is 7.34. The number of alkyl halides is 3. The molecular formula is C12H16BrF3N4O. The molecule has 0 amide bonds. The maximum atomic E-state index is 12.3. The summed E-state index contributed by atoms with van der Waals surface area (Å²) < 4.78 is 37.4. The topological polar surface area (TPSA) is 50.2 Å². The lowest BCUT2D eigenvalue weighted by Gasteiger charge is -2.20. The van der Waals surface area contributed by atoms with Gasteiger partial charge in [-0.2, -0.15) is 18.3 Å². The summed E-state index contributed by atoms with van der Waals surface area (Å²) in [4.78, 5) is 14.0. The molecule has 2 rings (SSSR count). The molecule has 1 unspecified atom stereocenters. The molecule has 0 radical (unpaired) electrons. The molecular weight excluding hydrogens is 353 g/mol. The summed E-state index contributed by atoms with van der Waals surface area (Å²) in [6.45, 7) is 0.258. The van der Waals surface area contributed by atoms with Crippen molar-refractivity contribution in [3.05, 3.63) is 21.0 Å². The van der Waals surface area contributed by atoms with Crippen molar-refractivity contribution in [1.82, 2.24) is 14.7 Å². The van der Waals surface area contributed by atoms with E-state index in [2.05, 4.69) is 31.2 Å². The molecule has 2 heterocycles. The van der Waals surface area contributed by atoms with E-state index in [1.165, 1.54) is 6.20 Å². The fraction of sp³-hybridized carbons (Fsp3) is 0.667. The number of anilines is 1. The van der Waals surface area contributed by atoms with Crippen molar-refractivity contribution >= 4 is 21.6 Å². The molecule has 0 spiro atoms. The van der Waals surface area contributed by atoms with E-state index in [0.717, 1.165) is 19.4 Å². The zero-order chi connectivity index (χ0) is 15.6. The minimum Gasteiger partial charge on any atom is -0.381 e. The van der Waals surface area contributed by atoms with Gasteiger partial charge in [-0.15, -0.1) is 0 Å². The Morgan fingerprint density at radius 2 is 2.24 bits per heavy atom. The fourth-order valence-electron chi connectivity index (χ4n) is 2.34. The molecule has 1 fully saturated rings. The molecule has 1 aromatic heterocycles. The number of halogens is 4. The maximum absolute atomic E-state index is 12.3. The highest BCUT2D eigenvalue weighted by molar-refractivity contribution is 9.10. The Hall–Kier alpha value is -1.09. The van der Waals surface area contributed by atoms with Gasteiger partial charge in [0.2, 0.25) is 0 Å². The molecule has 1 aliphatic heterocycles. The van der Waals surface area contributed by atoms with E-state index in [9.17, 15) is 18.0 Å². The molecule has 0 bridgehead atoms. The van der Waals surface area contributed by atoms with Crippen LogP contribution in [0.15, 0.2) is 15.5 Å². The highest BCUT2D eigenvalue weighted by Gasteiger charge is 2.29. The van der Waals surface area contributed by atoms with Gasteiger partial charge in [0.05, 0.1) is 11.9 Å². The molecule has 1 aliphatic rings. The molecule has 0 aliphatic carbocycles. The van der Waals surface area contributed by atoms with Gasteiger partial charge in [-0.1, -0.05) is 0 Å². The third-order valence-corrected chi connectivity index (χ3v) is 4.28. The highest BCUT2D eigenvalue weighted by atomic mass is 79.9. The first-order chi connectivity index (χ1) is 9.78. The molecule has 1 N–H and O–H groups in total. The number of likely N-dealkylation sites (tertiary alicyclic amines) is 1. The summed E-state index contributed by atoms with van der Waals surface area (Å²) in [7, 11) is 2.02. The van der Waals surface area contributed by atoms with Crippen LogP contribution in [0.25, 0.3) is 0 Å². The van der Waals surface area contributed by atoms with Crippen molar-refractivity contribution in [3.8, 4) is 0 Å². The third-order valence-electron chi connectivity index (χ3n) is 3.51. The Labute approximate surface area is 128 Å². The van der Waals surface area contributed by atoms with Gasteiger partial charge in [-0.05, 0) is 42.4 Å². The second-order valence-corrected chi connectivity index (χ2v) is 5.90. The molecule has 21 heavy (non-hydrogen) atoms. The Morgan fingerprint density at radius 3 is 2.81 bits per heavy atom. The normalized spacial score (nSPS) is 20.0. The van der Waals surface area contributed by atoms with Gasteiger partial charge < -0.3 is 10.2 Å². The second-order valence-electron chi connectivity index (χ2n) is 5.11. The van der Waals surface area contributed by atoms with Crippen LogP contribution in [0, 0.1) is 0 Å². The number of hydrogen-bond acceptors (Lipinski definition) is 4. The Kier molecular flexibility index (Phi) is 4.92. The standard InChI is InChI=1S/C12H16BrF3N4O/c1-19-4-2-3-8(19)5-17-9-6-18-20(7-12(14,15)16)11(21)10(9)13/h6,8,17H,2-5,7H2,1H3. The zero-order valence-electron chi connectivity index (χ0n) is 11.5. The summed E-state index contributed by atoms with van der Waals surface area (Å²) in [5.74, 6) is 0. The summed E-state index contributed by atoms with van der Waals surface area (Å²) in [5, 5.41) is 6.64. The average Bonchev–Trinajstić information content (AvgIpc) is 2.78. The van der Waals surface area contributed by atoms with Gasteiger partial charge in [0.25, 0.3) is 5.56 Å². The van der Waals surface area contributed by atoms with E-state index in [1.54, 1.807) is 0 Å². The fourth-order valence-corrected chi connectivity index (χ4v) is 2.78. The smallest absolute Gasteiger partial charge is 0.381 e. The molecule has 1 aromatic rings. The molecule has 0 saturated carbocycles. The van der Waals surface area contributed by atoms with Crippen molar-refractivity contribution in [2.24, 2.45) is 0 Å². The molecule has 1 atom stereocenters. The van der Waals surface area contributed by atoms with E-state index in [1.807, 2.05) is 7.05 Å². The number of nitrogens with one attached hydrogen (secondary N) is 1. The van der Waals surface area contributed by atoms with Gasteiger partial charge in [0.15, 0.2) is 0 Å². The third kappa shape index (κ3) is 4.19. The van der Waals surface area contributed by atoms with Crippen LogP contribution in [0.3, 0.4) is 0 Å². The van der Waals surface area contributed by atoms with E-state index >= 15 is 0 Å². The van der Waals surface area contributed by atoms with E-state index in [-0.39, 0.29) is 4.47 Å². The second kappa shape index (κ2) is 6.35. The van der Waals surface area contributed by atoms with Gasteiger partial charge >= 0.3 is 6.18 Å². The molecule has 1 saturated heterocycles. The van der Waals surface area contributed by atoms with Crippen molar-refractivity contribution < 1.29 is 13.2 Å². The Morgan fingerprint density at radius 1 is 1.52 bits per heavy atom. The summed E-state index contributed by atoms with van der Waals surface area (Å²) >= 11 is 3.05. The number of hydrogen-bond donors (Lipinski definition) is 1. The van der Waals surface area contributed by atoms with Crippen LogP contribution >= 0.6 is 15.9 Å². The summed E-state index contributed by atoms with van der Waals surface area (Å²) in [6.07, 6.45) is -1.06. The van der Waals surface area contributed by atoms with Crippen molar-refractivity contribution in [1.29, 1.82) is 0 Å². The first-order valence-electron chi connectivity index (χ1n) is 6.54. The lowest BCUT2D eigenvalue weighted by atomic mass is 10.2. The Balaban J connectivity index is 2.08. The molecule has 0 aromatic carbocycles. The quantitative estimate of drug-likeness (QED) is 0.883. The summed E-state index contributed by atoms with van der Waals surface area (Å²) in [5.41, 5.74) is -0.379. The minimum absolute atomic E-state index is 0.0717. The predicted octanol–water partition coefficient (Wildman–Crippen LogP) is 2.07. The lowest BCUT2D eigenvalue weighted by molar-refractivity contribution is -0.143. The monoisotopic (exact) mass is 368 g/mol. The van der Waals surface area contributed by atoms with Gasteiger partial charge in [-0.25, -0.2) is 4.68 Å². The minimum atomic E-state index is -4.47. The Bertz CT molecular complexity index is 560. The van der Waals surface area contributed by atoms with Crippen molar-refractivity contribution in [2.45, 2.75) is 31.6 Å². The van der Waals surface area contributed by atoms with Crippen LogP contribution in [0.2, 0.25) is 0 Å². The van der Waals surface area contributed by atoms with Crippen LogP contribution in [-0.4, -0.2) is 47.0 Å². The lowest BCUT2D eigenvalue weighted by Crippen LogP contribution is -2.33. The van der Waals surface area contributed by atoms with Gasteiger partial charge in [-0.3, -0.25) is 4.79 Å². The number of rotatable bonds is 4. The first kappa shape index (κ1) is 16.3. The van der Waals surface area contributed by atoms with Crippen LogP contribution in [0.4, 0.5) is 18.9 Å². The van der Waals surface area contributed by atoms with Crippen LogP contribution in [0.5, 0.6) is 0 Å². The van der Waals surface area contributed by atoms with Gasteiger partial charge in [0.1, 0.15) is 11.0 Å². The van der Waals surface area contributed by atoms with E-state index < -0.39 is 18.3 Å². The van der Waals surface area contributed by atoms with E-state index in [4.69, 9.17) is 0 Å². The molecule has 9 heteroatoms. The SMILES string of the molecule is CN1CCCC1CNc1cnn(CC(F)(F)F)c(=O)c1Br. The van der Waals surface area contributed by atoms with Crippen molar-refractivity contribution in [2.75, 3.05) is 25.5 Å².